The van der Waals surface area contributed by atoms with Gasteiger partial charge in [-0.1, -0.05) is 18.2 Å². The van der Waals surface area contributed by atoms with E-state index in [-0.39, 0.29) is 5.75 Å². The minimum atomic E-state index is -3.43. The van der Waals surface area contributed by atoms with Crippen LogP contribution >= 0.6 is 11.8 Å². The molecule has 0 bridgehead atoms. The van der Waals surface area contributed by atoms with Gasteiger partial charge in [0.25, 0.3) is 5.91 Å². The van der Waals surface area contributed by atoms with Crippen LogP contribution in [0.2, 0.25) is 0 Å². The van der Waals surface area contributed by atoms with Crippen LogP contribution in [-0.2, 0) is 14.8 Å². The topological polar surface area (TPSA) is 118 Å². The zero-order valence-corrected chi connectivity index (χ0v) is 15.0. The van der Waals surface area contributed by atoms with Crippen molar-refractivity contribution in [2.75, 3.05) is 22.0 Å². The molecule has 2 rings (SSSR count). The Morgan fingerprint density at radius 2 is 1.84 bits per heavy atom. The van der Waals surface area contributed by atoms with Gasteiger partial charge in [-0.3, -0.25) is 14.3 Å². The van der Waals surface area contributed by atoms with Gasteiger partial charge >= 0.3 is 0 Å². The zero-order valence-electron chi connectivity index (χ0n) is 13.4. The van der Waals surface area contributed by atoms with Gasteiger partial charge in [0, 0.05) is 16.1 Å². The van der Waals surface area contributed by atoms with Gasteiger partial charge in [-0.25, -0.2) is 8.42 Å². The molecule has 0 heterocycles. The van der Waals surface area contributed by atoms with E-state index in [1.54, 1.807) is 42.5 Å². The van der Waals surface area contributed by atoms with Gasteiger partial charge in [-0.05, 0) is 30.3 Å². The molecule has 0 radical (unpaired) electrons. The molecule has 2 aromatic carbocycles. The minimum Gasteiger partial charge on any atom is -0.369 e. The van der Waals surface area contributed by atoms with Crippen molar-refractivity contribution in [2.24, 2.45) is 5.73 Å². The molecule has 0 spiro atoms. The van der Waals surface area contributed by atoms with Crippen LogP contribution < -0.4 is 15.8 Å². The number of rotatable bonds is 7. The molecule has 0 unspecified atom stereocenters. The number of nitrogens with two attached hydrogens (primary N) is 1. The molecule has 25 heavy (non-hydrogen) atoms. The fourth-order valence-electron chi connectivity index (χ4n) is 1.98. The number of carbonyl (C=O) groups excluding carboxylic acids is 2. The first-order valence-corrected chi connectivity index (χ1v) is 10.0. The van der Waals surface area contributed by atoms with Gasteiger partial charge in [-0.15, -0.1) is 11.8 Å². The monoisotopic (exact) mass is 379 g/mol. The molecule has 0 aliphatic rings. The summed E-state index contributed by atoms with van der Waals surface area (Å²) in [5, 5.41) is 2.75. The molecule has 0 aromatic heterocycles. The summed E-state index contributed by atoms with van der Waals surface area (Å²) in [5.74, 6) is -0.754. The molecule has 0 fully saturated rings. The molecule has 0 aliphatic carbocycles. The van der Waals surface area contributed by atoms with E-state index in [1.165, 1.54) is 17.8 Å². The lowest BCUT2D eigenvalue weighted by Crippen LogP contribution is -2.15. The molecule has 7 nitrogen and oxygen atoms in total. The van der Waals surface area contributed by atoms with Crippen LogP contribution in [0, 0.1) is 0 Å². The Hall–Kier alpha value is -2.52. The second-order valence-corrected chi connectivity index (χ2v) is 7.93. The predicted molar refractivity (Wildman–Crippen MR) is 99.2 cm³/mol. The minimum absolute atomic E-state index is 0.0979. The largest absolute Gasteiger partial charge is 0.369 e. The third kappa shape index (κ3) is 6.12. The third-order valence-electron chi connectivity index (χ3n) is 2.93. The Bertz CT molecular complexity index is 898. The third-order valence-corrected chi connectivity index (χ3v) is 4.64. The first-order valence-electron chi connectivity index (χ1n) is 7.14. The second kappa shape index (κ2) is 8.04. The summed E-state index contributed by atoms with van der Waals surface area (Å²) in [4.78, 5) is 24.1. The highest BCUT2D eigenvalue weighted by atomic mass is 32.2. The number of benzene rings is 2. The maximum absolute atomic E-state index is 12.4. The lowest BCUT2D eigenvalue weighted by atomic mass is 10.2. The summed E-state index contributed by atoms with van der Waals surface area (Å²) < 4.78 is 24.9. The fraction of sp³-hybridized carbons (Fsp3) is 0.125. The highest BCUT2D eigenvalue weighted by molar-refractivity contribution is 8.00. The number of hydrogen-bond acceptors (Lipinski definition) is 5. The van der Waals surface area contributed by atoms with Crippen LogP contribution in [-0.4, -0.2) is 32.2 Å². The quantitative estimate of drug-likeness (QED) is 0.635. The Morgan fingerprint density at radius 1 is 1.12 bits per heavy atom. The molecule has 0 saturated heterocycles. The van der Waals surface area contributed by atoms with Crippen molar-refractivity contribution < 1.29 is 18.0 Å². The number of anilines is 2. The number of thioether (sulfide) groups is 1. The molecule has 0 aliphatic heterocycles. The van der Waals surface area contributed by atoms with E-state index in [0.29, 0.717) is 21.8 Å². The fourth-order valence-corrected chi connectivity index (χ4v) is 3.28. The normalized spacial score (nSPS) is 10.9. The lowest BCUT2D eigenvalue weighted by molar-refractivity contribution is -0.115. The second-order valence-electron chi connectivity index (χ2n) is 5.16. The zero-order chi connectivity index (χ0) is 18.4. The van der Waals surface area contributed by atoms with Crippen LogP contribution in [0.15, 0.2) is 53.4 Å². The number of nitrogens with one attached hydrogen (secondary N) is 2. The lowest BCUT2D eigenvalue weighted by Gasteiger charge is -2.11. The average Bonchev–Trinajstić information content (AvgIpc) is 2.52. The van der Waals surface area contributed by atoms with Crippen LogP contribution in [0.1, 0.15) is 10.4 Å². The van der Waals surface area contributed by atoms with Gasteiger partial charge in [0.2, 0.25) is 15.9 Å². The SMILES string of the molecule is CS(=O)(=O)Nc1cccc(C(=O)Nc2ccccc2SCC(N)=O)c1. The van der Waals surface area contributed by atoms with Crippen LogP contribution in [0.25, 0.3) is 0 Å². The van der Waals surface area contributed by atoms with Crippen molar-refractivity contribution in [1.82, 2.24) is 0 Å². The van der Waals surface area contributed by atoms with Gasteiger partial charge in [0.1, 0.15) is 0 Å². The maximum atomic E-state index is 12.4. The van der Waals surface area contributed by atoms with E-state index in [4.69, 9.17) is 5.73 Å². The van der Waals surface area contributed by atoms with Crippen molar-refractivity contribution in [3.63, 3.8) is 0 Å². The Kier molecular flexibility index (Phi) is 6.05. The van der Waals surface area contributed by atoms with Gasteiger partial charge < -0.3 is 11.1 Å². The predicted octanol–water partition coefficient (Wildman–Crippen LogP) is 1.89. The molecule has 4 N–H and O–H groups in total. The number of carbonyl (C=O) groups is 2. The number of amides is 2. The summed E-state index contributed by atoms with van der Waals surface area (Å²) >= 11 is 1.22. The number of para-hydroxylation sites is 1. The molecular formula is C16H17N3O4S2. The summed E-state index contributed by atoms with van der Waals surface area (Å²) in [5.41, 5.74) is 6.28. The van der Waals surface area contributed by atoms with Crippen LogP contribution in [0.5, 0.6) is 0 Å². The van der Waals surface area contributed by atoms with Gasteiger partial charge in [-0.2, -0.15) is 0 Å². The summed E-state index contributed by atoms with van der Waals surface area (Å²) in [6, 6.07) is 13.2. The summed E-state index contributed by atoms with van der Waals surface area (Å²) in [6.45, 7) is 0. The maximum Gasteiger partial charge on any atom is 0.255 e. The average molecular weight is 379 g/mol. The van der Waals surface area contributed by atoms with E-state index in [9.17, 15) is 18.0 Å². The Balaban J connectivity index is 2.17. The van der Waals surface area contributed by atoms with E-state index in [2.05, 4.69) is 10.0 Å². The molecule has 132 valence electrons. The van der Waals surface area contributed by atoms with Crippen LogP contribution in [0.3, 0.4) is 0 Å². The molecule has 2 amide bonds. The smallest absolute Gasteiger partial charge is 0.255 e. The Labute approximate surface area is 150 Å². The molecule has 2 aromatic rings. The van der Waals surface area contributed by atoms with Crippen molar-refractivity contribution in [3.8, 4) is 0 Å². The van der Waals surface area contributed by atoms with E-state index >= 15 is 0 Å². The number of sulfonamides is 1. The highest BCUT2D eigenvalue weighted by Gasteiger charge is 2.11. The first kappa shape index (κ1) is 18.8. The Morgan fingerprint density at radius 3 is 2.52 bits per heavy atom. The van der Waals surface area contributed by atoms with Crippen molar-refractivity contribution in [2.45, 2.75) is 4.90 Å². The van der Waals surface area contributed by atoms with E-state index in [1.807, 2.05) is 0 Å². The summed E-state index contributed by atoms with van der Waals surface area (Å²) in [6.07, 6.45) is 1.03. The highest BCUT2D eigenvalue weighted by Crippen LogP contribution is 2.27. The number of hydrogen-bond donors (Lipinski definition) is 3. The van der Waals surface area contributed by atoms with Crippen molar-refractivity contribution in [1.29, 1.82) is 0 Å². The first-order chi connectivity index (χ1) is 11.7. The van der Waals surface area contributed by atoms with Crippen molar-refractivity contribution >= 4 is 45.0 Å². The van der Waals surface area contributed by atoms with Gasteiger partial charge in [0.15, 0.2) is 0 Å². The molecule has 0 atom stereocenters. The van der Waals surface area contributed by atoms with Gasteiger partial charge in [0.05, 0.1) is 17.7 Å². The standard InChI is InChI=1S/C16H17N3O4S2/c1-25(22,23)19-12-6-4-5-11(9-12)16(21)18-13-7-2-3-8-14(13)24-10-15(17)20/h2-9,19H,10H2,1H3,(H2,17,20)(H,18,21). The van der Waals surface area contributed by atoms with E-state index in [0.717, 1.165) is 6.26 Å². The van der Waals surface area contributed by atoms with E-state index < -0.39 is 21.8 Å². The number of primary amides is 1. The summed E-state index contributed by atoms with van der Waals surface area (Å²) in [7, 11) is -3.43. The molecule has 0 saturated carbocycles. The van der Waals surface area contributed by atoms with Crippen LogP contribution in [0.4, 0.5) is 11.4 Å². The van der Waals surface area contributed by atoms with Crippen molar-refractivity contribution in [3.05, 3.63) is 54.1 Å². The molecule has 9 heteroatoms. The molecular weight excluding hydrogens is 362 g/mol.